The van der Waals surface area contributed by atoms with Crippen LogP contribution in [-0.2, 0) is 0 Å². The molecule has 1 aromatic carbocycles. The Hall–Kier alpha value is -1.06. The molecule has 1 atom stereocenters. The summed E-state index contributed by atoms with van der Waals surface area (Å²) in [5, 5.41) is 9.88. The zero-order chi connectivity index (χ0) is 13.2. The van der Waals surface area contributed by atoms with Gasteiger partial charge in [0.25, 0.3) is 0 Å². The Morgan fingerprint density at radius 2 is 2.17 bits per heavy atom. The van der Waals surface area contributed by atoms with Crippen molar-refractivity contribution >= 4 is 0 Å². The minimum Gasteiger partial charge on any atom is -0.492 e. The van der Waals surface area contributed by atoms with E-state index in [4.69, 9.17) is 4.74 Å². The van der Waals surface area contributed by atoms with Crippen molar-refractivity contribution in [1.29, 1.82) is 0 Å². The average molecular weight is 249 g/mol. The van der Waals surface area contributed by atoms with Crippen LogP contribution < -0.4 is 4.74 Å². The van der Waals surface area contributed by atoms with Gasteiger partial charge in [-0.1, -0.05) is 12.1 Å². The third-order valence-electron chi connectivity index (χ3n) is 3.54. The van der Waals surface area contributed by atoms with Crippen LogP contribution in [0.3, 0.4) is 0 Å². The molecule has 1 N–H and O–H groups in total. The molecule has 0 spiro atoms. The molecule has 1 fully saturated rings. The summed E-state index contributed by atoms with van der Waals surface area (Å²) in [6.07, 6.45) is 0.858. The lowest BCUT2D eigenvalue weighted by Gasteiger charge is -2.19. The van der Waals surface area contributed by atoms with E-state index in [9.17, 15) is 5.11 Å². The maximum atomic E-state index is 9.88. The van der Waals surface area contributed by atoms with E-state index in [2.05, 4.69) is 36.9 Å². The zero-order valence-corrected chi connectivity index (χ0v) is 11.6. The van der Waals surface area contributed by atoms with Crippen LogP contribution >= 0.6 is 0 Å². The molecule has 1 aromatic rings. The summed E-state index contributed by atoms with van der Waals surface area (Å²) in [6.45, 7) is 9.31. The standard InChI is InChI=1S/C15H23NO2/c1-12-4-5-13(2)14(10-12)18-9-8-16-7-6-15(3,17)11-16/h4-5,10,17H,6-9,11H2,1-3H3. The number of β-amino-alcohol motifs (C(OH)–C–C–N with tert-alkyl or cyclic N) is 1. The molecule has 1 aliphatic rings. The largest absolute Gasteiger partial charge is 0.492 e. The monoisotopic (exact) mass is 249 g/mol. The van der Waals surface area contributed by atoms with E-state index >= 15 is 0 Å². The van der Waals surface area contributed by atoms with Crippen molar-refractivity contribution in [2.45, 2.75) is 32.8 Å². The molecule has 2 rings (SSSR count). The topological polar surface area (TPSA) is 32.7 Å². The Balaban J connectivity index is 1.80. The molecule has 18 heavy (non-hydrogen) atoms. The van der Waals surface area contributed by atoms with E-state index in [1.807, 2.05) is 6.92 Å². The summed E-state index contributed by atoms with van der Waals surface area (Å²) in [5.74, 6) is 0.973. The highest BCUT2D eigenvalue weighted by atomic mass is 16.5. The van der Waals surface area contributed by atoms with Gasteiger partial charge in [0.1, 0.15) is 12.4 Å². The van der Waals surface area contributed by atoms with E-state index in [1.54, 1.807) is 0 Å². The van der Waals surface area contributed by atoms with Gasteiger partial charge >= 0.3 is 0 Å². The Kier molecular flexibility index (Phi) is 3.93. The summed E-state index contributed by atoms with van der Waals surface area (Å²) in [6, 6.07) is 6.26. The molecule has 0 saturated carbocycles. The number of likely N-dealkylation sites (tertiary alicyclic amines) is 1. The van der Waals surface area contributed by atoms with Crippen LogP contribution in [0.1, 0.15) is 24.5 Å². The van der Waals surface area contributed by atoms with Gasteiger partial charge in [-0.05, 0) is 44.4 Å². The second-order valence-corrected chi connectivity index (χ2v) is 5.64. The van der Waals surface area contributed by atoms with Crippen molar-refractivity contribution in [3.8, 4) is 5.75 Å². The van der Waals surface area contributed by atoms with Crippen molar-refractivity contribution in [3.05, 3.63) is 29.3 Å². The highest BCUT2D eigenvalue weighted by molar-refractivity contribution is 5.35. The summed E-state index contributed by atoms with van der Waals surface area (Å²) in [4.78, 5) is 2.26. The predicted octanol–water partition coefficient (Wildman–Crippen LogP) is 2.14. The lowest BCUT2D eigenvalue weighted by molar-refractivity contribution is 0.0670. The second kappa shape index (κ2) is 5.29. The summed E-state index contributed by atoms with van der Waals surface area (Å²) in [7, 11) is 0. The van der Waals surface area contributed by atoms with E-state index < -0.39 is 5.60 Å². The number of aliphatic hydroxyl groups is 1. The Bertz CT molecular complexity index is 415. The molecule has 1 unspecified atom stereocenters. The number of aryl methyl sites for hydroxylation is 2. The molecule has 3 nitrogen and oxygen atoms in total. The van der Waals surface area contributed by atoms with Gasteiger partial charge in [-0.25, -0.2) is 0 Å². The SMILES string of the molecule is Cc1ccc(C)c(OCCN2CCC(C)(O)C2)c1. The van der Waals surface area contributed by atoms with Gasteiger partial charge in [0, 0.05) is 19.6 Å². The van der Waals surface area contributed by atoms with Gasteiger partial charge in [-0.15, -0.1) is 0 Å². The number of rotatable bonds is 4. The van der Waals surface area contributed by atoms with Crippen LogP contribution in [0.25, 0.3) is 0 Å². The lowest BCUT2D eigenvalue weighted by Crippen LogP contribution is -2.32. The quantitative estimate of drug-likeness (QED) is 0.887. The second-order valence-electron chi connectivity index (χ2n) is 5.64. The molecule has 0 aromatic heterocycles. The first-order valence-electron chi connectivity index (χ1n) is 6.61. The normalized spacial score (nSPS) is 24.4. The average Bonchev–Trinajstić information content (AvgIpc) is 2.63. The highest BCUT2D eigenvalue weighted by Crippen LogP contribution is 2.21. The number of hydrogen-bond donors (Lipinski definition) is 1. The number of hydrogen-bond acceptors (Lipinski definition) is 3. The smallest absolute Gasteiger partial charge is 0.122 e. The van der Waals surface area contributed by atoms with Crippen molar-refractivity contribution in [2.24, 2.45) is 0 Å². The van der Waals surface area contributed by atoms with Crippen LogP contribution in [0.5, 0.6) is 5.75 Å². The fraction of sp³-hybridized carbons (Fsp3) is 0.600. The minimum absolute atomic E-state index is 0.515. The summed E-state index contributed by atoms with van der Waals surface area (Å²) < 4.78 is 5.82. The third kappa shape index (κ3) is 3.47. The molecular weight excluding hydrogens is 226 g/mol. The van der Waals surface area contributed by atoms with Crippen LogP contribution in [0.2, 0.25) is 0 Å². The van der Waals surface area contributed by atoms with E-state index in [1.165, 1.54) is 11.1 Å². The summed E-state index contributed by atoms with van der Waals surface area (Å²) >= 11 is 0. The fourth-order valence-corrected chi connectivity index (χ4v) is 2.38. The molecule has 3 heteroatoms. The maximum absolute atomic E-state index is 9.88. The van der Waals surface area contributed by atoms with Crippen molar-refractivity contribution in [1.82, 2.24) is 4.90 Å². The number of nitrogens with zero attached hydrogens (tertiary/aromatic N) is 1. The first-order valence-corrected chi connectivity index (χ1v) is 6.61. The zero-order valence-electron chi connectivity index (χ0n) is 11.6. The maximum Gasteiger partial charge on any atom is 0.122 e. The van der Waals surface area contributed by atoms with Gasteiger partial charge in [0.2, 0.25) is 0 Å². The Morgan fingerprint density at radius 3 is 2.83 bits per heavy atom. The van der Waals surface area contributed by atoms with Crippen molar-refractivity contribution in [3.63, 3.8) is 0 Å². The molecule has 1 heterocycles. The molecule has 0 aliphatic carbocycles. The first-order chi connectivity index (χ1) is 8.46. The van der Waals surface area contributed by atoms with Crippen molar-refractivity contribution in [2.75, 3.05) is 26.2 Å². The Morgan fingerprint density at radius 1 is 1.39 bits per heavy atom. The third-order valence-corrected chi connectivity index (χ3v) is 3.54. The van der Waals surface area contributed by atoms with Gasteiger partial charge < -0.3 is 9.84 Å². The van der Waals surface area contributed by atoms with Gasteiger partial charge in [-0.3, -0.25) is 4.90 Å². The van der Waals surface area contributed by atoms with Gasteiger partial charge in [0.15, 0.2) is 0 Å². The Labute approximate surface area is 109 Å². The molecule has 100 valence electrons. The molecular formula is C15H23NO2. The number of ether oxygens (including phenoxy) is 1. The minimum atomic E-state index is -0.515. The van der Waals surface area contributed by atoms with Crippen LogP contribution in [0.15, 0.2) is 18.2 Å². The fourth-order valence-electron chi connectivity index (χ4n) is 2.38. The first kappa shape index (κ1) is 13.4. The summed E-state index contributed by atoms with van der Waals surface area (Å²) in [5.41, 5.74) is 1.88. The van der Waals surface area contributed by atoms with Crippen molar-refractivity contribution < 1.29 is 9.84 Å². The van der Waals surface area contributed by atoms with E-state index in [-0.39, 0.29) is 0 Å². The van der Waals surface area contributed by atoms with Gasteiger partial charge in [0.05, 0.1) is 5.60 Å². The predicted molar refractivity (Wildman–Crippen MR) is 73.1 cm³/mol. The molecule has 0 radical (unpaired) electrons. The van der Waals surface area contributed by atoms with E-state index in [0.29, 0.717) is 6.61 Å². The van der Waals surface area contributed by atoms with Crippen LogP contribution in [-0.4, -0.2) is 41.8 Å². The molecule has 0 amide bonds. The molecule has 1 saturated heterocycles. The molecule has 0 bridgehead atoms. The van der Waals surface area contributed by atoms with Crippen LogP contribution in [0, 0.1) is 13.8 Å². The van der Waals surface area contributed by atoms with Gasteiger partial charge in [-0.2, -0.15) is 0 Å². The number of benzene rings is 1. The molecule has 1 aliphatic heterocycles. The lowest BCUT2D eigenvalue weighted by atomic mass is 10.1. The highest BCUT2D eigenvalue weighted by Gasteiger charge is 2.30. The van der Waals surface area contributed by atoms with E-state index in [0.717, 1.165) is 31.8 Å². The van der Waals surface area contributed by atoms with Crippen LogP contribution in [0.4, 0.5) is 0 Å².